The third kappa shape index (κ3) is 2.19. The van der Waals surface area contributed by atoms with E-state index in [-0.39, 0.29) is 11.8 Å². The van der Waals surface area contributed by atoms with Crippen LogP contribution in [0.2, 0.25) is 0 Å². The molecule has 1 saturated carbocycles. The first-order valence-corrected chi connectivity index (χ1v) is 8.64. The Hall–Kier alpha value is -2.13. The first kappa shape index (κ1) is 15.8. The molecule has 0 aliphatic heterocycles. The van der Waals surface area contributed by atoms with E-state index in [1.165, 1.54) is 0 Å². The molecule has 0 radical (unpaired) electrons. The molecule has 2 aliphatic rings. The second-order valence-electron chi connectivity index (χ2n) is 6.39. The maximum atomic E-state index is 9.88. The summed E-state index contributed by atoms with van der Waals surface area (Å²) in [7, 11) is 0. The van der Waals surface area contributed by atoms with Crippen LogP contribution in [-0.4, -0.2) is 6.04 Å². The van der Waals surface area contributed by atoms with E-state index in [2.05, 4.69) is 24.3 Å². The van der Waals surface area contributed by atoms with Crippen molar-refractivity contribution in [2.24, 2.45) is 23.0 Å². The Morgan fingerprint density at radius 2 is 2.00 bits per heavy atom. The molecular weight excluding hydrogens is 304 g/mol. The highest BCUT2D eigenvalue weighted by molar-refractivity contribution is 7.12. The van der Waals surface area contributed by atoms with Crippen LogP contribution in [-0.2, 0) is 0 Å². The molecule has 23 heavy (non-hydrogen) atoms. The van der Waals surface area contributed by atoms with Gasteiger partial charge in [0.05, 0.1) is 30.2 Å². The fourth-order valence-electron chi connectivity index (χ4n) is 4.15. The monoisotopic (exact) mass is 322 g/mol. The number of fused-ring (bicyclic) bond motifs is 1. The largest absolute Gasteiger partial charge is 0.324 e. The van der Waals surface area contributed by atoms with Crippen molar-refractivity contribution in [2.75, 3.05) is 0 Å². The summed E-state index contributed by atoms with van der Waals surface area (Å²) in [5.74, 6) is -0.732. The number of hydrogen-bond donors (Lipinski definition) is 1. The Morgan fingerprint density at radius 1 is 1.26 bits per heavy atom. The molecule has 5 heteroatoms. The lowest BCUT2D eigenvalue weighted by atomic mass is 9.53. The van der Waals surface area contributed by atoms with Gasteiger partial charge in [0.2, 0.25) is 0 Å². The minimum atomic E-state index is -1.35. The summed E-state index contributed by atoms with van der Waals surface area (Å²) in [6.07, 6.45) is 4.99. The van der Waals surface area contributed by atoms with Crippen LogP contribution in [0.3, 0.4) is 0 Å². The quantitative estimate of drug-likeness (QED) is 0.801. The first-order chi connectivity index (χ1) is 11.1. The number of thiophene rings is 1. The van der Waals surface area contributed by atoms with E-state index < -0.39 is 17.4 Å². The maximum Gasteiger partial charge on any atom is 0.168 e. The van der Waals surface area contributed by atoms with E-state index in [1.54, 1.807) is 11.3 Å². The average Bonchev–Trinajstić information content (AvgIpc) is 3.00. The average molecular weight is 322 g/mol. The molecule has 1 heterocycles. The lowest BCUT2D eigenvalue weighted by Crippen LogP contribution is -2.55. The topological polar surface area (TPSA) is 97.4 Å². The summed E-state index contributed by atoms with van der Waals surface area (Å²) in [5.41, 5.74) is 6.02. The van der Waals surface area contributed by atoms with Crippen LogP contribution in [0.15, 0.2) is 23.8 Å². The van der Waals surface area contributed by atoms with Gasteiger partial charge in [-0.3, -0.25) is 0 Å². The van der Waals surface area contributed by atoms with Gasteiger partial charge in [-0.05, 0) is 44.2 Å². The predicted octanol–water partition coefficient (Wildman–Crippen LogP) is 3.38. The number of allylic oxidation sites excluding steroid dienone is 1. The molecule has 4 nitrogen and oxygen atoms in total. The minimum absolute atomic E-state index is 0.0607. The zero-order valence-corrected chi connectivity index (χ0v) is 13.8. The van der Waals surface area contributed by atoms with Crippen LogP contribution >= 0.6 is 11.3 Å². The number of hydrogen-bond acceptors (Lipinski definition) is 5. The van der Waals surface area contributed by atoms with E-state index in [4.69, 9.17) is 5.73 Å². The van der Waals surface area contributed by atoms with E-state index >= 15 is 0 Å². The van der Waals surface area contributed by atoms with Crippen molar-refractivity contribution in [1.29, 1.82) is 15.8 Å². The lowest BCUT2D eigenvalue weighted by molar-refractivity contribution is 0.186. The SMILES string of the molecule is Cc1ccc(C2C3CCCC=C3C(C#N)C(N)C2(C#N)C#N)s1. The summed E-state index contributed by atoms with van der Waals surface area (Å²) < 4.78 is 0. The Balaban J connectivity index is 2.23. The summed E-state index contributed by atoms with van der Waals surface area (Å²) in [5, 5.41) is 29.4. The van der Waals surface area contributed by atoms with Crippen molar-refractivity contribution in [3.63, 3.8) is 0 Å². The Kier molecular flexibility index (Phi) is 3.99. The lowest BCUT2D eigenvalue weighted by Gasteiger charge is -2.48. The fraction of sp³-hybridized carbons (Fsp3) is 0.500. The van der Waals surface area contributed by atoms with Gasteiger partial charge in [-0.1, -0.05) is 11.6 Å². The van der Waals surface area contributed by atoms with Gasteiger partial charge in [-0.25, -0.2) is 0 Å². The Morgan fingerprint density at radius 3 is 2.57 bits per heavy atom. The van der Waals surface area contributed by atoms with Gasteiger partial charge in [0.25, 0.3) is 0 Å². The first-order valence-electron chi connectivity index (χ1n) is 7.83. The zero-order chi connectivity index (χ0) is 16.6. The maximum absolute atomic E-state index is 9.88. The molecule has 116 valence electrons. The molecule has 1 fully saturated rings. The molecule has 3 rings (SSSR count). The van der Waals surface area contributed by atoms with Crippen LogP contribution < -0.4 is 5.73 Å². The number of nitrogens with zero attached hydrogens (tertiary/aromatic N) is 3. The van der Waals surface area contributed by atoms with E-state index in [1.807, 2.05) is 19.1 Å². The van der Waals surface area contributed by atoms with Gasteiger partial charge in [0, 0.05) is 15.7 Å². The molecule has 4 atom stereocenters. The van der Waals surface area contributed by atoms with Crippen LogP contribution in [0, 0.1) is 58.2 Å². The summed E-state index contributed by atoms with van der Waals surface area (Å²) >= 11 is 1.63. The number of nitriles is 3. The molecule has 1 aromatic rings. The van der Waals surface area contributed by atoms with E-state index in [0.717, 1.165) is 34.6 Å². The van der Waals surface area contributed by atoms with Gasteiger partial charge < -0.3 is 5.73 Å². The van der Waals surface area contributed by atoms with Crippen molar-refractivity contribution in [3.05, 3.63) is 33.5 Å². The molecule has 2 aliphatic carbocycles. The molecular formula is C18H18N4S. The van der Waals surface area contributed by atoms with Crippen LogP contribution in [0.1, 0.15) is 34.9 Å². The van der Waals surface area contributed by atoms with Crippen molar-refractivity contribution >= 4 is 11.3 Å². The molecule has 0 amide bonds. The fourth-order valence-corrected chi connectivity index (χ4v) is 5.27. The highest BCUT2D eigenvalue weighted by Crippen LogP contribution is 2.57. The highest BCUT2D eigenvalue weighted by atomic mass is 32.1. The molecule has 1 aromatic heterocycles. The number of rotatable bonds is 1. The van der Waals surface area contributed by atoms with Gasteiger partial charge in [-0.15, -0.1) is 11.3 Å². The summed E-state index contributed by atoms with van der Waals surface area (Å²) in [6.45, 7) is 2.02. The van der Waals surface area contributed by atoms with Crippen molar-refractivity contribution in [2.45, 2.75) is 38.1 Å². The predicted molar refractivity (Wildman–Crippen MR) is 88.0 cm³/mol. The van der Waals surface area contributed by atoms with E-state index in [0.29, 0.717) is 0 Å². The molecule has 0 spiro atoms. The highest BCUT2D eigenvalue weighted by Gasteiger charge is 2.58. The number of aryl methyl sites for hydroxylation is 1. The van der Waals surface area contributed by atoms with Crippen LogP contribution in [0.5, 0.6) is 0 Å². The third-order valence-electron chi connectivity index (χ3n) is 5.24. The van der Waals surface area contributed by atoms with Crippen molar-refractivity contribution < 1.29 is 0 Å². The summed E-state index contributed by atoms with van der Waals surface area (Å²) in [4.78, 5) is 2.19. The summed E-state index contributed by atoms with van der Waals surface area (Å²) in [6, 6.07) is 9.94. The molecule has 2 N–H and O–H groups in total. The van der Waals surface area contributed by atoms with Crippen molar-refractivity contribution in [3.8, 4) is 18.2 Å². The molecule has 0 aromatic carbocycles. The molecule has 4 unspecified atom stereocenters. The van der Waals surface area contributed by atoms with Crippen LogP contribution in [0.25, 0.3) is 0 Å². The zero-order valence-electron chi connectivity index (χ0n) is 13.0. The standard InChI is InChI=1S/C18H18N4S/c1-11-6-7-15(23-11)16-13-5-3-2-4-12(13)14(8-19)17(22)18(16,9-20)10-21/h4,6-7,13-14,16-17H,2-3,5,22H2,1H3. The molecule has 0 bridgehead atoms. The normalized spacial score (nSPS) is 31.9. The van der Waals surface area contributed by atoms with E-state index in [9.17, 15) is 15.8 Å². The second-order valence-corrected chi connectivity index (χ2v) is 7.71. The van der Waals surface area contributed by atoms with Crippen molar-refractivity contribution in [1.82, 2.24) is 0 Å². The van der Waals surface area contributed by atoms with Crippen LogP contribution in [0.4, 0.5) is 0 Å². The molecule has 0 saturated heterocycles. The third-order valence-corrected chi connectivity index (χ3v) is 6.32. The van der Waals surface area contributed by atoms with Gasteiger partial charge in [0.15, 0.2) is 5.41 Å². The van der Waals surface area contributed by atoms with Gasteiger partial charge in [-0.2, -0.15) is 15.8 Å². The second kappa shape index (κ2) is 5.82. The Bertz CT molecular complexity index is 756. The minimum Gasteiger partial charge on any atom is -0.324 e. The van der Waals surface area contributed by atoms with Gasteiger partial charge >= 0.3 is 0 Å². The Labute approximate surface area is 140 Å². The van der Waals surface area contributed by atoms with Gasteiger partial charge in [0.1, 0.15) is 0 Å². The number of nitrogens with two attached hydrogens (primary N) is 1. The smallest absolute Gasteiger partial charge is 0.168 e.